The van der Waals surface area contributed by atoms with E-state index in [0.717, 1.165) is 23.4 Å². The van der Waals surface area contributed by atoms with Gasteiger partial charge < -0.3 is 11.1 Å². The molecule has 2 atom stereocenters. The van der Waals surface area contributed by atoms with Crippen LogP contribution in [-0.2, 0) is 4.79 Å². The maximum atomic E-state index is 11.9. The number of hydrogen-bond acceptors (Lipinski definition) is 3. The van der Waals surface area contributed by atoms with Gasteiger partial charge in [-0.15, -0.1) is 11.8 Å². The van der Waals surface area contributed by atoms with Gasteiger partial charge in [-0.05, 0) is 44.5 Å². The molecule has 0 heterocycles. The zero-order chi connectivity index (χ0) is 13.5. The molecule has 100 valence electrons. The zero-order valence-electron chi connectivity index (χ0n) is 11.3. The zero-order valence-corrected chi connectivity index (χ0v) is 12.1. The predicted molar refractivity (Wildman–Crippen MR) is 78.7 cm³/mol. The van der Waals surface area contributed by atoms with Crippen LogP contribution < -0.4 is 11.1 Å². The van der Waals surface area contributed by atoms with Crippen LogP contribution in [0.5, 0.6) is 0 Å². The Morgan fingerprint density at radius 1 is 1.33 bits per heavy atom. The van der Waals surface area contributed by atoms with Crippen LogP contribution in [-0.4, -0.2) is 17.2 Å². The molecule has 1 aromatic carbocycles. The topological polar surface area (TPSA) is 55.1 Å². The minimum atomic E-state index is -0.0899. The average molecular weight is 266 g/mol. The molecule has 0 saturated heterocycles. The minimum absolute atomic E-state index is 0.0899. The number of hydrogen-bond donors (Lipinski definition) is 2. The molecule has 0 aromatic heterocycles. The van der Waals surface area contributed by atoms with Crippen molar-refractivity contribution in [1.82, 2.24) is 5.32 Å². The van der Waals surface area contributed by atoms with E-state index in [0.29, 0.717) is 0 Å². The highest BCUT2D eigenvalue weighted by Gasteiger charge is 2.15. The van der Waals surface area contributed by atoms with Crippen LogP contribution in [0.1, 0.15) is 33.6 Å². The maximum absolute atomic E-state index is 11.9. The molecule has 0 bridgehead atoms. The molecule has 1 rings (SSSR count). The Morgan fingerprint density at radius 2 is 1.94 bits per heavy atom. The van der Waals surface area contributed by atoms with Gasteiger partial charge in [0.15, 0.2) is 0 Å². The molecular weight excluding hydrogens is 244 g/mol. The van der Waals surface area contributed by atoms with Crippen LogP contribution in [0, 0.1) is 0 Å². The van der Waals surface area contributed by atoms with Crippen LogP contribution in [0.2, 0.25) is 0 Å². The third-order valence-corrected chi connectivity index (χ3v) is 3.78. The van der Waals surface area contributed by atoms with Gasteiger partial charge >= 0.3 is 0 Å². The van der Waals surface area contributed by atoms with E-state index in [1.807, 2.05) is 38.1 Å². The van der Waals surface area contributed by atoms with Crippen LogP contribution in [0.3, 0.4) is 0 Å². The lowest BCUT2D eigenvalue weighted by atomic mass is 10.2. The minimum Gasteiger partial charge on any atom is -0.399 e. The predicted octanol–water partition coefficient (Wildman–Crippen LogP) is 3.05. The summed E-state index contributed by atoms with van der Waals surface area (Å²) in [7, 11) is 0. The quantitative estimate of drug-likeness (QED) is 0.614. The molecule has 0 aliphatic rings. The van der Waals surface area contributed by atoms with Gasteiger partial charge in [-0.25, -0.2) is 0 Å². The summed E-state index contributed by atoms with van der Waals surface area (Å²) in [6, 6.07) is 7.84. The first kappa shape index (κ1) is 14.9. The van der Waals surface area contributed by atoms with Crippen molar-refractivity contribution >= 4 is 23.4 Å². The highest BCUT2D eigenvalue weighted by Crippen LogP contribution is 2.24. The molecule has 3 N–H and O–H groups in total. The molecule has 18 heavy (non-hydrogen) atoms. The largest absolute Gasteiger partial charge is 0.399 e. The second-order valence-electron chi connectivity index (χ2n) is 4.53. The monoisotopic (exact) mass is 266 g/mol. The highest BCUT2D eigenvalue weighted by molar-refractivity contribution is 8.00. The van der Waals surface area contributed by atoms with E-state index < -0.39 is 0 Å². The smallest absolute Gasteiger partial charge is 0.233 e. The molecule has 0 radical (unpaired) electrons. The lowest BCUT2D eigenvalue weighted by Gasteiger charge is -2.16. The third kappa shape index (κ3) is 5.00. The fraction of sp³-hybridized carbons (Fsp3) is 0.500. The summed E-state index contributed by atoms with van der Waals surface area (Å²) in [4.78, 5) is 13.0. The van der Waals surface area contributed by atoms with Crippen LogP contribution in [0.25, 0.3) is 0 Å². The second-order valence-corrected chi connectivity index (χ2v) is 5.94. The molecule has 0 aliphatic carbocycles. The van der Waals surface area contributed by atoms with E-state index >= 15 is 0 Å². The molecule has 0 fully saturated rings. The summed E-state index contributed by atoms with van der Waals surface area (Å²) in [6.07, 6.45) is 2.10. The number of benzene rings is 1. The van der Waals surface area contributed by atoms with E-state index in [-0.39, 0.29) is 17.2 Å². The van der Waals surface area contributed by atoms with E-state index in [1.165, 1.54) is 0 Å². The Labute approximate surface area is 114 Å². The number of nitrogen functional groups attached to an aromatic ring is 1. The lowest BCUT2D eigenvalue weighted by molar-refractivity contribution is -0.120. The normalized spacial score (nSPS) is 13.9. The summed E-state index contributed by atoms with van der Waals surface area (Å²) in [5.41, 5.74) is 6.37. The Balaban J connectivity index is 2.46. The first-order valence-electron chi connectivity index (χ1n) is 6.35. The van der Waals surface area contributed by atoms with Gasteiger partial charge in [-0.3, -0.25) is 4.79 Å². The van der Waals surface area contributed by atoms with Crippen molar-refractivity contribution in [2.75, 3.05) is 5.73 Å². The SMILES string of the molecule is CCCC(C)NC(=O)C(C)Sc1ccc(N)cc1. The number of nitrogens with two attached hydrogens (primary N) is 1. The Morgan fingerprint density at radius 3 is 2.50 bits per heavy atom. The van der Waals surface area contributed by atoms with Crippen molar-refractivity contribution in [3.8, 4) is 0 Å². The maximum Gasteiger partial charge on any atom is 0.233 e. The van der Waals surface area contributed by atoms with Crippen molar-refractivity contribution in [1.29, 1.82) is 0 Å². The first-order valence-corrected chi connectivity index (χ1v) is 7.23. The number of nitrogens with one attached hydrogen (secondary N) is 1. The molecule has 3 nitrogen and oxygen atoms in total. The van der Waals surface area contributed by atoms with Crippen molar-refractivity contribution in [3.63, 3.8) is 0 Å². The molecule has 0 saturated carbocycles. The summed E-state index contributed by atoms with van der Waals surface area (Å²) in [6.45, 7) is 6.09. The van der Waals surface area contributed by atoms with E-state index in [2.05, 4.69) is 12.2 Å². The standard InChI is InChI=1S/C14H22N2OS/c1-4-5-10(2)16-14(17)11(3)18-13-8-6-12(15)7-9-13/h6-11H,4-5,15H2,1-3H3,(H,16,17). The van der Waals surface area contributed by atoms with Crippen LogP contribution in [0.4, 0.5) is 5.69 Å². The Kier molecular flexibility index (Phi) is 6.05. The number of anilines is 1. The van der Waals surface area contributed by atoms with Crippen LogP contribution in [0.15, 0.2) is 29.2 Å². The number of rotatable bonds is 6. The number of amides is 1. The molecule has 2 unspecified atom stereocenters. The first-order chi connectivity index (χ1) is 8.52. The van der Waals surface area contributed by atoms with Gasteiger partial charge in [-0.1, -0.05) is 13.3 Å². The van der Waals surface area contributed by atoms with Gasteiger partial charge in [0.05, 0.1) is 5.25 Å². The van der Waals surface area contributed by atoms with Gasteiger partial charge in [0.25, 0.3) is 0 Å². The number of carbonyl (C=O) groups is 1. The Hall–Kier alpha value is -1.16. The number of thioether (sulfide) groups is 1. The van der Waals surface area contributed by atoms with Crippen molar-refractivity contribution in [3.05, 3.63) is 24.3 Å². The summed E-state index contributed by atoms with van der Waals surface area (Å²) >= 11 is 1.55. The van der Waals surface area contributed by atoms with E-state index in [1.54, 1.807) is 11.8 Å². The summed E-state index contributed by atoms with van der Waals surface area (Å²) < 4.78 is 0. The molecule has 1 aromatic rings. The second kappa shape index (κ2) is 7.31. The fourth-order valence-corrected chi connectivity index (χ4v) is 2.55. The Bertz CT molecular complexity index is 378. The molecular formula is C14H22N2OS. The average Bonchev–Trinajstić information content (AvgIpc) is 2.32. The molecule has 0 aliphatic heterocycles. The fourth-order valence-electron chi connectivity index (χ4n) is 1.67. The summed E-state index contributed by atoms with van der Waals surface area (Å²) in [5, 5.41) is 2.94. The van der Waals surface area contributed by atoms with Crippen LogP contribution >= 0.6 is 11.8 Å². The van der Waals surface area contributed by atoms with Gasteiger partial charge in [0, 0.05) is 16.6 Å². The molecule has 4 heteroatoms. The van der Waals surface area contributed by atoms with Gasteiger partial charge in [-0.2, -0.15) is 0 Å². The van der Waals surface area contributed by atoms with Gasteiger partial charge in [0.1, 0.15) is 0 Å². The van der Waals surface area contributed by atoms with E-state index in [9.17, 15) is 4.79 Å². The number of carbonyl (C=O) groups excluding carboxylic acids is 1. The van der Waals surface area contributed by atoms with E-state index in [4.69, 9.17) is 5.73 Å². The highest BCUT2D eigenvalue weighted by atomic mass is 32.2. The van der Waals surface area contributed by atoms with Crippen molar-refractivity contribution < 1.29 is 4.79 Å². The lowest BCUT2D eigenvalue weighted by Crippen LogP contribution is -2.37. The molecule has 1 amide bonds. The third-order valence-electron chi connectivity index (χ3n) is 2.67. The van der Waals surface area contributed by atoms with Crippen molar-refractivity contribution in [2.24, 2.45) is 0 Å². The molecule has 0 spiro atoms. The van der Waals surface area contributed by atoms with Gasteiger partial charge in [0.2, 0.25) is 5.91 Å². The van der Waals surface area contributed by atoms with Crippen molar-refractivity contribution in [2.45, 2.75) is 49.8 Å². The summed E-state index contributed by atoms with van der Waals surface area (Å²) in [5.74, 6) is 0.0952.